The fourth-order valence-corrected chi connectivity index (χ4v) is 5.04. The van der Waals surface area contributed by atoms with Crippen molar-refractivity contribution >= 4 is 45.9 Å². The molecule has 4 nitrogen and oxygen atoms in total. The number of nitrogens with zero attached hydrogens (tertiary/aromatic N) is 2. The van der Waals surface area contributed by atoms with Gasteiger partial charge in [-0.05, 0) is 17.7 Å². The maximum Gasteiger partial charge on any atom is 0.257 e. The van der Waals surface area contributed by atoms with Gasteiger partial charge >= 0.3 is 0 Å². The summed E-state index contributed by atoms with van der Waals surface area (Å²) in [6, 6.07) is 7.80. The Kier molecular flexibility index (Phi) is 4.05. The average Bonchev–Trinajstić information content (AvgIpc) is 3.12. The van der Waals surface area contributed by atoms with Crippen LogP contribution in [-0.4, -0.2) is 27.6 Å². The third-order valence-corrected chi connectivity index (χ3v) is 6.36. The predicted octanol–water partition coefficient (Wildman–Crippen LogP) is 3.27. The number of rotatable bonds is 3. The Bertz CT molecular complexity index is 550. The van der Waals surface area contributed by atoms with Gasteiger partial charge in [-0.25, -0.2) is 0 Å². The number of benzene rings is 1. The van der Waals surface area contributed by atoms with Gasteiger partial charge in [0.25, 0.3) is 5.91 Å². The van der Waals surface area contributed by atoms with E-state index in [0.29, 0.717) is 15.3 Å². The number of carbonyl (C=O) groups is 1. The number of anilines is 1. The summed E-state index contributed by atoms with van der Waals surface area (Å²) >= 11 is 5.23. The summed E-state index contributed by atoms with van der Waals surface area (Å²) < 4.78 is 0.514. The van der Waals surface area contributed by atoms with Gasteiger partial charge in [0, 0.05) is 17.1 Å². The average molecular weight is 309 g/mol. The van der Waals surface area contributed by atoms with Crippen LogP contribution in [-0.2, 0) is 0 Å². The summed E-state index contributed by atoms with van der Waals surface area (Å²) in [4.78, 5) is 12.0. The Hall–Kier alpha value is -1.05. The van der Waals surface area contributed by atoms with Crippen molar-refractivity contribution in [2.24, 2.45) is 0 Å². The molecule has 2 aromatic rings. The number of hydrogen-bond donors (Lipinski definition) is 1. The van der Waals surface area contributed by atoms with Gasteiger partial charge in [-0.15, -0.1) is 33.7 Å². The van der Waals surface area contributed by atoms with E-state index in [9.17, 15) is 4.79 Å². The standard InChI is InChI=1S/C12H11N3OS3/c16-10(14-12-15-13-7-19-12)8-1-3-9(4-2-8)11-17-5-6-18-11/h1-4,7,11H,5-6H2,(H,14,15,16). The van der Waals surface area contributed by atoms with Gasteiger partial charge in [0.15, 0.2) is 0 Å². The second kappa shape index (κ2) is 5.94. The first-order valence-corrected chi connectivity index (χ1v) is 8.71. The summed E-state index contributed by atoms with van der Waals surface area (Å²) in [5.41, 5.74) is 3.51. The van der Waals surface area contributed by atoms with Gasteiger partial charge in [-0.3, -0.25) is 10.1 Å². The Morgan fingerprint density at radius 1 is 1.21 bits per heavy atom. The topological polar surface area (TPSA) is 54.9 Å². The molecule has 1 aliphatic heterocycles. The third-order valence-electron chi connectivity index (χ3n) is 2.65. The Balaban J connectivity index is 1.69. The van der Waals surface area contributed by atoms with E-state index >= 15 is 0 Å². The van der Waals surface area contributed by atoms with Crippen LogP contribution in [0.1, 0.15) is 20.5 Å². The molecule has 7 heteroatoms. The molecule has 2 heterocycles. The second-order valence-corrected chi connectivity index (χ2v) is 7.45. The minimum Gasteiger partial charge on any atom is -0.296 e. The normalized spacial score (nSPS) is 15.6. The van der Waals surface area contributed by atoms with Crippen molar-refractivity contribution in [1.82, 2.24) is 10.2 Å². The van der Waals surface area contributed by atoms with Gasteiger partial charge in [-0.2, -0.15) is 0 Å². The molecule has 0 spiro atoms. The van der Waals surface area contributed by atoms with Crippen molar-refractivity contribution in [3.63, 3.8) is 0 Å². The number of aromatic nitrogens is 2. The van der Waals surface area contributed by atoms with Crippen LogP contribution in [0.2, 0.25) is 0 Å². The molecule has 1 aromatic heterocycles. The largest absolute Gasteiger partial charge is 0.296 e. The highest BCUT2D eigenvalue weighted by Gasteiger charge is 2.18. The molecule has 98 valence electrons. The van der Waals surface area contributed by atoms with Crippen LogP contribution in [0.3, 0.4) is 0 Å². The van der Waals surface area contributed by atoms with Crippen molar-refractivity contribution < 1.29 is 4.79 Å². The molecular formula is C12H11N3OS3. The van der Waals surface area contributed by atoms with E-state index in [-0.39, 0.29) is 5.91 Å². The number of thioether (sulfide) groups is 2. The molecule has 1 aliphatic rings. The van der Waals surface area contributed by atoms with Crippen LogP contribution in [0.4, 0.5) is 5.13 Å². The smallest absolute Gasteiger partial charge is 0.257 e. The van der Waals surface area contributed by atoms with E-state index in [4.69, 9.17) is 0 Å². The lowest BCUT2D eigenvalue weighted by Gasteiger charge is -2.08. The molecule has 1 aromatic carbocycles. The molecule has 19 heavy (non-hydrogen) atoms. The molecule has 1 fully saturated rings. The minimum atomic E-state index is -0.143. The zero-order valence-corrected chi connectivity index (χ0v) is 12.4. The summed E-state index contributed by atoms with van der Waals surface area (Å²) in [6.45, 7) is 0. The van der Waals surface area contributed by atoms with E-state index in [0.717, 1.165) is 0 Å². The lowest BCUT2D eigenvalue weighted by molar-refractivity contribution is 0.102. The highest BCUT2D eigenvalue weighted by Crippen LogP contribution is 2.45. The van der Waals surface area contributed by atoms with Crippen molar-refractivity contribution in [2.75, 3.05) is 16.8 Å². The van der Waals surface area contributed by atoms with Gasteiger partial charge in [0.05, 0.1) is 4.58 Å². The van der Waals surface area contributed by atoms with Crippen molar-refractivity contribution in [3.8, 4) is 0 Å². The molecular weight excluding hydrogens is 298 g/mol. The fraction of sp³-hybridized carbons (Fsp3) is 0.250. The third kappa shape index (κ3) is 3.10. The highest BCUT2D eigenvalue weighted by molar-refractivity contribution is 8.19. The summed E-state index contributed by atoms with van der Waals surface area (Å²) in [7, 11) is 0. The molecule has 1 saturated heterocycles. The van der Waals surface area contributed by atoms with Gasteiger partial charge in [0.2, 0.25) is 5.13 Å². The van der Waals surface area contributed by atoms with E-state index in [2.05, 4.69) is 15.5 Å². The summed E-state index contributed by atoms with van der Waals surface area (Å²) in [5, 5.41) is 10.7. The minimum absolute atomic E-state index is 0.143. The molecule has 1 amide bonds. The van der Waals surface area contributed by atoms with Crippen LogP contribution < -0.4 is 5.32 Å². The van der Waals surface area contributed by atoms with E-state index in [1.165, 1.54) is 28.4 Å². The molecule has 0 unspecified atom stereocenters. The first kappa shape index (κ1) is 13.0. The van der Waals surface area contributed by atoms with E-state index in [1.807, 2.05) is 47.8 Å². The first-order chi connectivity index (χ1) is 9.33. The molecule has 0 atom stereocenters. The molecule has 1 N–H and O–H groups in total. The first-order valence-electron chi connectivity index (χ1n) is 5.73. The van der Waals surface area contributed by atoms with Crippen molar-refractivity contribution in [3.05, 3.63) is 40.9 Å². The zero-order chi connectivity index (χ0) is 13.1. The molecule has 0 aliphatic carbocycles. The van der Waals surface area contributed by atoms with Gasteiger partial charge in [0.1, 0.15) is 5.51 Å². The lowest BCUT2D eigenvalue weighted by atomic mass is 10.1. The highest BCUT2D eigenvalue weighted by atomic mass is 32.2. The fourth-order valence-electron chi connectivity index (χ4n) is 1.74. The monoisotopic (exact) mass is 309 g/mol. The zero-order valence-electron chi connectivity index (χ0n) is 9.91. The Labute approximate surface area is 123 Å². The van der Waals surface area contributed by atoms with Crippen molar-refractivity contribution in [1.29, 1.82) is 0 Å². The lowest BCUT2D eigenvalue weighted by Crippen LogP contribution is -2.11. The SMILES string of the molecule is O=C(Nc1nncs1)c1ccc(C2SCCS2)cc1. The number of carbonyl (C=O) groups excluding carboxylic acids is 1. The molecule has 0 saturated carbocycles. The van der Waals surface area contributed by atoms with Crippen LogP contribution in [0.5, 0.6) is 0 Å². The predicted molar refractivity (Wildman–Crippen MR) is 82.0 cm³/mol. The van der Waals surface area contributed by atoms with Gasteiger partial charge in [-0.1, -0.05) is 23.5 Å². The van der Waals surface area contributed by atoms with Crippen LogP contribution in [0.25, 0.3) is 0 Å². The molecule has 3 rings (SSSR count). The van der Waals surface area contributed by atoms with E-state index < -0.39 is 0 Å². The maximum absolute atomic E-state index is 12.0. The van der Waals surface area contributed by atoms with Crippen LogP contribution in [0.15, 0.2) is 29.8 Å². The van der Waals surface area contributed by atoms with Crippen LogP contribution >= 0.6 is 34.9 Å². The van der Waals surface area contributed by atoms with E-state index in [1.54, 1.807) is 5.51 Å². The second-order valence-electron chi connectivity index (χ2n) is 3.89. The number of amides is 1. The quantitative estimate of drug-likeness (QED) is 0.943. The number of hydrogen-bond acceptors (Lipinski definition) is 6. The molecule has 0 radical (unpaired) electrons. The molecule has 0 bridgehead atoms. The number of nitrogens with one attached hydrogen (secondary N) is 1. The maximum atomic E-state index is 12.0. The van der Waals surface area contributed by atoms with Crippen LogP contribution in [0, 0.1) is 0 Å². The summed E-state index contributed by atoms with van der Waals surface area (Å²) in [5.74, 6) is 2.26. The summed E-state index contributed by atoms with van der Waals surface area (Å²) in [6.07, 6.45) is 0. The van der Waals surface area contributed by atoms with Crippen molar-refractivity contribution in [2.45, 2.75) is 4.58 Å². The Morgan fingerprint density at radius 2 is 1.95 bits per heavy atom. The van der Waals surface area contributed by atoms with Gasteiger partial charge < -0.3 is 0 Å². The Morgan fingerprint density at radius 3 is 2.58 bits per heavy atom.